The molecule has 2 saturated heterocycles. The lowest BCUT2D eigenvalue weighted by Gasteiger charge is -2.24. The van der Waals surface area contributed by atoms with Gasteiger partial charge in [-0.25, -0.2) is 4.98 Å². The van der Waals surface area contributed by atoms with Crippen molar-refractivity contribution < 1.29 is 4.79 Å². The number of amides is 1. The third-order valence-corrected chi connectivity index (χ3v) is 3.95. The first kappa shape index (κ1) is 11.5. The number of nitrogens with zero attached hydrogens (tertiary/aromatic N) is 2. The number of carbonyl (C=O) groups excluding carboxylic acids is 1. The fraction of sp³-hybridized carbons (Fsp3) is 0.538. The van der Waals surface area contributed by atoms with E-state index in [1.54, 1.807) is 18.3 Å². The summed E-state index contributed by atoms with van der Waals surface area (Å²) in [5, 5.41) is 3.54. The molecule has 5 heteroatoms. The molecule has 18 heavy (non-hydrogen) atoms. The number of aromatic nitrogens is 1. The van der Waals surface area contributed by atoms with Crippen LogP contribution < -0.4 is 16.0 Å². The SMILES string of the molecule is NC(=O)c1cccnc1N1C[C@@H]2CCCN[C@@H]2C1. The molecule has 0 radical (unpaired) electrons. The minimum Gasteiger partial charge on any atom is -0.365 e. The summed E-state index contributed by atoms with van der Waals surface area (Å²) in [4.78, 5) is 18.0. The second-order valence-electron chi connectivity index (χ2n) is 5.11. The quantitative estimate of drug-likeness (QED) is 0.791. The molecule has 2 aliphatic heterocycles. The molecule has 3 N–H and O–H groups in total. The zero-order chi connectivity index (χ0) is 12.5. The second-order valence-corrected chi connectivity index (χ2v) is 5.11. The highest BCUT2D eigenvalue weighted by atomic mass is 16.1. The molecule has 0 unspecified atom stereocenters. The highest BCUT2D eigenvalue weighted by Crippen LogP contribution is 2.29. The fourth-order valence-corrected chi connectivity index (χ4v) is 3.06. The van der Waals surface area contributed by atoms with Gasteiger partial charge in [-0.1, -0.05) is 0 Å². The number of hydrogen-bond acceptors (Lipinski definition) is 4. The Labute approximate surface area is 106 Å². The molecule has 1 amide bonds. The summed E-state index contributed by atoms with van der Waals surface area (Å²) in [6.07, 6.45) is 4.21. The summed E-state index contributed by atoms with van der Waals surface area (Å²) in [6, 6.07) is 4.03. The van der Waals surface area contributed by atoms with Crippen molar-refractivity contribution in [3.63, 3.8) is 0 Å². The van der Waals surface area contributed by atoms with Crippen LogP contribution in [-0.4, -0.2) is 36.6 Å². The number of nitrogens with one attached hydrogen (secondary N) is 1. The first-order valence-electron chi connectivity index (χ1n) is 6.49. The molecule has 3 heterocycles. The van der Waals surface area contributed by atoms with Crippen LogP contribution in [0.3, 0.4) is 0 Å². The van der Waals surface area contributed by atoms with Crippen molar-refractivity contribution in [3.05, 3.63) is 23.9 Å². The number of anilines is 1. The van der Waals surface area contributed by atoms with Crippen LogP contribution in [0, 0.1) is 5.92 Å². The van der Waals surface area contributed by atoms with Crippen molar-refractivity contribution in [2.45, 2.75) is 18.9 Å². The van der Waals surface area contributed by atoms with Crippen molar-refractivity contribution in [1.82, 2.24) is 10.3 Å². The maximum absolute atomic E-state index is 11.4. The molecular weight excluding hydrogens is 228 g/mol. The molecule has 0 spiro atoms. The largest absolute Gasteiger partial charge is 0.365 e. The van der Waals surface area contributed by atoms with Gasteiger partial charge in [0.1, 0.15) is 5.82 Å². The molecule has 5 nitrogen and oxygen atoms in total. The molecule has 0 aromatic carbocycles. The summed E-state index contributed by atoms with van der Waals surface area (Å²) in [5.74, 6) is 1.00. The predicted molar refractivity (Wildman–Crippen MR) is 69.5 cm³/mol. The Morgan fingerprint density at radius 2 is 2.39 bits per heavy atom. The second kappa shape index (κ2) is 4.57. The number of carbonyl (C=O) groups is 1. The summed E-state index contributed by atoms with van der Waals surface area (Å²) < 4.78 is 0. The average Bonchev–Trinajstić information content (AvgIpc) is 2.82. The van der Waals surface area contributed by atoms with Gasteiger partial charge in [0.2, 0.25) is 0 Å². The van der Waals surface area contributed by atoms with E-state index in [-0.39, 0.29) is 0 Å². The van der Waals surface area contributed by atoms with Crippen LogP contribution in [0.4, 0.5) is 5.82 Å². The van der Waals surface area contributed by atoms with Crippen molar-refractivity contribution in [3.8, 4) is 0 Å². The molecule has 1 aromatic rings. The Kier molecular flexibility index (Phi) is 2.91. The van der Waals surface area contributed by atoms with Crippen molar-refractivity contribution in [2.24, 2.45) is 11.7 Å². The minimum atomic E-state index is -0.402. The maximum Gasteiger partial charge on any atom is 0.252 e. The first-order valence-corrected chi connectivity index (χ1v) is 6.49. The molecule has 96 valence electrons. The van der Waals surface area contributed by atoms with Gasteiger partial charge in [0.25, 0.3) is 5.91 Å². The predicted octanol–water partition coefficient (Wildman–Crippen LogP) is 0.369. The van der Waals surface area contributed by atoms with E-state index in [0.29, 0.717) is 17.5 Å². The molecule has 3 rings (SSSR count). The lowest BCUT2D eigenvalue weighted by atomic mass is 9.94. The smallest absolute Gasteiger partial charge is 0.252 e. The van der Waals surface area contributed by atoms with E-state index in [0.717, 1.165) is 25.5 Å². The fourth-order valence-electron chi connectivity index (χ4n) is 3.06. The van der Waals surface area contributed by atoms with Gasteiger partial charge in [0.15, 0.2) is 0 Å². The molecule has 1 aromatic heterocycles. The van der Waals surface area contributed by atoms with Crippen LogP contribution in [0.25, 0.3) is 0 Å². The highest BCUT2D eigenvalue weighted by Gasteiger charge is 2.35. The van der Waals surface area contributed by atoms with Crippen molar-refractivity contribution >= 4 is 11.7 Å². The van der Waals surface area contributed by atoms with Gasteiger partial charge in [-0.2, -0.15) is 0 Å². The molecule has 0 bridgehead atoms. The standard InChI is InChI=1S/C13H18N4O/c14-12(18)10-4-2-6-16-13(10)17-7-9-3-1-5-15-11(9)8-17/h2,4,6,9,11,15H,1,3,5,7-8H2,(H2,14,18)/t9-,11+/m0/s1. The van der Waals surface area contributed by atoms with Gasteiger partial charge >= 0.3 is 0 Å². The van der Waals surface area contributed by atoms with Crippen molar-refractivity contribution in [2.75, 3.05) is 24.5 Å². The number of hydrogen-bond donors (Lipinski definition) is 2. The molecular formula is C13H18N4O. The number of rotatable bonds is 2. The highest BCUT2D eigenvalue weighted by molar-refractivity contribution is 5.97. The van der Waals surface area contributed by atoms with Gasteiger partial charge in [-0.15, -0.1) is 0 Å². The lowest BCUT2D eigenvalue weighted by Crippen LogP contribution is -2.40. The number of piperidine rings is 1. The summed E-state index contributed by atoms with van der Waals surface area (Å²) >= 11 is 0. The lowest BCUT2D eigenvalue weighted by molar-refractivity contribution is 0.100. The first-order chi connectivity index (χ1) is 8.75. The van der Waals surface area contributed by atoms with E-state index >= 15 is 0 Å². The van der Waals surface area contributed by atoms with E-state index in [1.165, 1.54) is 12.8 Å². The topological polar surface area (TPSA) is 71.2 Å². The van der Waals surface area contributed by atoms with Crippen LogP contribution in [0.1, 0.15) is 23.2 Å². The van der Waals surface area contributed by atoms with Gasteiger partial charge in [-0.05, 0) is 37.4 Å². The van der Waals surface area contributed by atoms with E-state index < -0.39 is 5.91 Å². The van der Waals surface area contributed by atoms with E-state index in [1.807, 2.05) is 0 Å². The van der Waals surface area contributed by atoms with E-state index in [4.69, 9.17) is 5.73 Å². The maximum atomic E-state index is 11.4. The van der Waals surface area contributed by atoms with Gasteiger partial charge in [0.05, 0.1) is 5.56 Å². The Hall–Kier alpha value is -1.62. The average molecular weight is 246 g/mol. The van der Waals surface area contributed by atoms with Crippen molar-refractivity contribution in [1.29, 1.82) is 0 Å². The molecule has 2 atom stereocenters. The number of nitrogens with two attached hydrogens (primary N) is 1. The molecule has 0 aliphatic carbocycles. The minimum absolute atomic E-state index is 0.402. The monoisotopic (exact) mass is 246 g/mol. The molecule has 0 saturated carbocycles. The van der Waals surface area contributed by atoms with Gasteiger partial charge in [0, 0.05) is 25.3 Å². The third kappa shape index (κ3) is 1.95. The Morgan fingerprint density at radius 3 is 3.17 bits per heavy atom. The van der Waals surface area contributed by atoms with Crippen LogP contribution in [0.5, 0.6) is 0 Å². The van der Waals surface area contributed by atoms with Gasteiger partial charge < -0.3 is 16.0 Å². The number of pyridine rings is 1. The Morgan fingerprint density at radius 1 is 1.50 bits per heavy atom. The zero-order valence-corrected chi connectivity index (χ0v) is 10.3. The zero-order valence-electron chi connectivity index (χ0n) is 10.3. The summed E-state index contributed by atoms with van der Waals surface area (Å²) in [7, 11) is 0. The van der Waals surface area contributed by atoms with Crippen LogP contribution in [0.2, 0.25) is 0 Å². The molecule has 2 fully saturated rings. The van der Waals surface area contributed by atoms with Crippen LogP contribution in [-0.2, 0) is 0 Å². The number of primary amides is 1. The Balaban J connectivity index is 1.85. The van der Waals surface area contributed by atoms with Crippen LogP contribution in [0.15, 0.2) is 18.3 Å². The van der Waals surface area contributed by atoms with Gasteiger partial charge in [-0.3, -0.25) is 4.79 Å². The Bertz CT molecular complexity index is 448. The van der Waals surface area contributed by atoms with E-state index in [9.17, 15) is 4.79 Å². The van der Waals surface area contributed by atoms with E-state index in [2.05, 4.69) is 15.2 Å². The summed E-state index contributed by atoms with van der Waals surface area (Å²) in [6.45, 7) is 2.98. The normalized spacial score (nSPS) is 27.0. The summed E-state index contributed by atoms with van der Waals surface area (Å²) in [5.41, 5.74) is 5.93. The molecule has 2 aliphatic rings. The third-order valence-electron chi connectivity index (χ3n) is 3.95. The van der Waals surface area contributed by atoms with Crippen LogP contribution >= 0.6 is 0 Å². The number of fused-ring (bicyclic) bond motifs is 1.